The maximum atomic E-state index is 6.18. The van der Waals surface area contributed by atoms with Gasteiger partial charge in [0.25, 0.3) is 0 Å². The van der Waals surface area contributed by atoms with Gasteiger partial charge in [-0.2, -0.15) is 5.10 Å². The van der Waals surface area contributed by atoms with Gasteiger partial charge in [-0.25, -0.2) is 0 Å². The lowest BCUT2D eigenvalue weighted by Crippen LogP contribution is -2.32. The number of rotatable bonds is 7. The van der Waals surface area contributed by atoms with Gasteiger partial charge in [-0.15, -0.1) is 0 Å². The summed E-state index contributed by atoms with van der Waals surface area (Å²) in [4.78, 5) is 0. The first kappa shape index (κ1) is 15.2. The molecule has 1 aromatic heterocycles. The number of nitrogens with zero attached hydrogens (tertiary/aromatic N) is 2. The third kappa shape index (κ3) is 4.42. The number of hydrogen-bond donors (Lipinski definition) is 1. The van der Waals surface area contributed by atoms with E-state index in [9.17, 15) is 0 Å². The van der Waals surface area contributed by atoms with Crippen molar-refractivity contribution in [3.05, 3.63) is 18.0 Å². The van der Waals surface area contributed by atoms with Crippen LogP contribution in [0.25, 0.3) is 0 Å². The molecule has 1 aromatic rings. The summed E-state index contributed by atoms with van der Waals surface area (Å²) in [5.41, 5.74) is 7.25. The van der Waals surface area contributed by atoms with Gasteiger partial charge in [0.05, 0.1) is 12.3 Å². The lowest BCUT2D eigenvalue weighted by molar-refractivity contribution is -0.0271. The molecule has 4 heteroatoms. The summed E-state index contributed by atoms with van der Waals surface area (Å²) in [7, 11) is 1.91. The van der Waals surface area contributed by atoms with Crippen molar-refractivity contribution >= 4 is 0 Å². The largest absolute Gasteiger partial charge is 0.369 e. The van der Waals surface area contributed by atoms with Crippen molar-refractivity contribution < 1.29 is 4.74 Å². The molecule has 104 valence electrons. The smallest absolute Gasteiger partial charge is 0.101 e. The fourth-order valence-corrected chi connectivity index (χ4v) is 2.20. The molecule has 0 aromatic carbocycles. The maximum absolute atomic E-state index is 6.18. The van der Waals surface area contributed by atoms with Crippen LogP contribution in [0.5, 0.6) is 0 Å². The molecule has 3 unspecified atom stereocenters. The Kier molecular flexibility index (Phi) is 5.82. The van der Waals surface area contributed by atoms with Crippen LogP contribution in [0.3, 0.4) is 0 Å². The summed E-state index contributed by atoms with van der Waals surface area (Å²) in [5.74, 6) is 0.632. The van der Waals surface area contributed by atoms with Crippen molar-refractivity contribution in [2.24, 2.45) is 18.7 Å². The minimum atomic E-state index is -0.0579. The van der Waals surface area contributed by atoms with Crippen LogP contribution in [0.2, 0.25) is 0 Å². The molecule has 0 fully saturated rings. The Morgan fingerprint density at radius 1 is 1.39 bits per heavy atom. The minimum absolute atomic E-state index is 0.0174. The predicted octanol–water partition coefficient (Wildman–Crippen LogP) is 2.65. The summed E-state index contributed by atoms with van der Waals surface area (Å²) >= 11 is 0. The van der Waals surface area contributed by atoms with Gasteiger partial charge in [-0.05, 0) is 25.7 Å². The van der Waals surface area contributed by atoms with E-state index < -0.39 is 0 Å². The molecule has 3 atom stereocenters. The lowest BCUT2D eigenvalue weighted by atomic mass is 10.0. The Morgan fingerprint density at radius 2 is 2.06 bits per heavy atom. The van der Waals surface area contributed by atoms with E-state index in [0.717, 1.165) is 18.4 Å². The molecule has 1 heterocycles. The number of nitrogens with two attached hydrogens (primary N) is 1. The standard InChI is InChI=1S/C14H27N3O/c1-6-13(15)14(12-8-16-17(5)9-12)18-11(4)7-10(2)3/h8-11,13-14H,6-7,15H2,1-5H3. The van der Waals surface area contributed by atoms with Gasteiger partial charge >= 0.3 is 0 Å². The van der Waals surface area contributed by atoms with Crippen molar-refractivity contribution in [1.82, 2.24) is 9.78 Å². The quantitative estimate of drug-likeness (QED) is 0.812. The van der Waals surface area contributed by atoms with Gasteiger partial charge in [0.1, 0.15) is 6.10 Å². The van der Waals surface area contributed by atoms with Crippen LogP contribution in [-0.4, -0.2) is 21.9 Å². The summed E-state index contributed by atoms with van der Waals surface area (Å²) < 4.78 is 7.93. The van der Waals surface area contributed by atoms with Crippen LogP contribution in [-0.2, 0) is 11.8 Å². The van der Waals surface area contributed by atoms with E-state index in [1.165, 1.54) is 0 Å². The first-order valence-corrected chi connectivity index (χ1v) is 6.83. The highest BCUT2D eigenvalue weighted by atomic mass is 16.5. The summed E-state index contributed by atoms with van der Waals surface area (Å²) in [6, 6.07) is 0.0174. The molecule has 0 aliphatic rings. The fraction of sp³-hybridized carbons (Fsp3) is 0.786. The molecule has 1 rings (SSSR count). The van der Waals surface area contributed by atoms with Crippen LogP contribution in [0.15, 0.2) is 12.4 Å². The van der Waals surface area contributed by atoms with E-state index in [0.29, 0.717) is 5.92 Å². The zero-order valence-corrected chi connectivity index (χ0v) is 12.3. The second kappa shape index (κ2) is 6.90. The number of hydrogen-bond acceptors (Lipinski definition) is 3. The third-order valence-corrected chi connectivity index (χ3v) is 3.10. The molecule has 0 saturated carbocycles. The Hall–Kier alpha value is -0.870. The fourth-order valence-electron chi connectivity index (χ4n) is 2.20. The Morgan fingerprint density at radius 3 is 2.50 bits per heavy atom. The maximum Gasteiger partial charge on any atom is 0.101 e. The molecule has 0 saturated heterocycles. The normalized spacial score (nSPS) is 16.8. The second-order valence-corrected chi connectivity index (χ2v) is 5.52. The Labute approximate surface area is 111 Å². The molecule has 0 aliphatic heterocycles. The zero-order chi connectivity index (χ0) is 13.7. The summed E-state index contributed by atoms with van der Waals surface area (Å²) in [5, 5.41) is 4.20. The lowest BCUT2D eigenvalue weighted by Gasteiger charge is -2.27. The molecule has 0 spiro atoms. The average Bonchev–Trinajstić information content (AvgIpc) is 2.70. The highest BCUT2D eigenvalue weighted by molar-refractivity contribution is 5.10. The molecular formula is C14H27N3O. The summed E-state index contributed by atoms with van der Waals surface area (Å²) in [6.07, 6.45) is 5.94. The van der Waals surface area contributed by atoms with Crippen LogP contribution in [0, 0.1) is 5.92 Å². The highest BCUT2D eigenvalue weighted by Gasteiger charge is 2.23. The van der Waals surface area contributed by atoms with E-state index in [4.69, 9.17) is 10.5 Å². The monoisotopic (exact) mass is 253 g/mol. The van der Waals surface area contributed by atoms with Gasteiger partial charge in [0, 0.05) is 24.8 Å². The number of ether oxygens (including phenoxy) is 1. The van der Waals surface area contributed by atoms with Crippen LogP contribution < -0.4 is 5.73 Å². The zero-order valence-electron chi connectivity index (χ0n) is 12.3. The topological polar surface area (TPSA) is 53.1 Å². The Balaban J connectivity index is 2.73. The van der Waals surface area contributed by atoms with Crippen LogP contribution in [0.4, 0.5) is 0 Å². The highest BCUT2D eigenvalue weighted by Crippen LogP contribution is 2.25. The first-order chi connectivity index (χ1) is 8.43. The van der Waals surface area contributed by atoms with Crippen LogP contribution >= 0.6 is 0 Å². The van der Waals surface area contributed by atoms with Crippen molar-refractivity contribution in [2.45, 2.75) is 58.8 Å². The van der Waals surface area contributed by atoms with Crippen molar-refractivity contribution in [3.63, 3.8) is 0 Å². The Bertz CT molecular complexity index is 349. The molecule has 0 bridgehead atoms. The van der Waals surface area contributed by atoms with Gasteiger partial charge in [0.15, 0.2) is 0 Å². The summed E-state index contributed by atoms with van der Waals surface area (Å²) in [6.45, 7) is 8.62. The molecule has 2 N–H and O–H groups in total. The van der Waals surface area contributed by atoms with Crippen molar-refractivity contribution in [1.29, 1.82) is 0 Å². The molecule has 0 amide bonds. The van der Waals surface area contributed by atoms with Gasteiger partial charge in [-0.3, -0.25) is 4.68 Å². The minimum Gasteiger partial charge on any atom is -0.369 e. The molecular weight excluding hydrogens is 226 g/mol. The average molecular weight is 253 g/mol. The first-order valence-electron chi connectivity index (χ1n) is 6.83. The molecule has 18 heavy (non-hydrogen) atoms. The second-order valence-electron chi connectivity index (χ2n) is 5.52. The predicted molar refractivity (Wildman–Crippen MR) is 74.2 cm³/mol. The van der Waals surface area contributed by atoms with Gasteiger partial charge < -0.3 is 10.5 Å². The number of aromatic nitrogens is 2. The third-order valence-electron chi connectivity index (χ3n) is 3.10. The van der Waals surface area contributed by atoms with E-state index >= 15 is 0 Å². The number of aryl methyl sites for hydroxylation is 1. The van der Waals surface area contributed by atoms with Crippen molar-refractivity contribution in [3.8, 4) is 0 Å². The molecule has 0 aliphatic carbocycles. The SMILES string of the molecule is CCC(N)C(OC(C)CC(C)C)c1cnn(C)c1. The van der Waals surface area contributed by atoms with E-state index in [1.54, 1.807) is 4.68 Å². The van der Waals surface area contributed by atoms with E-state index in [1.807, 2.05) is 19.4 Å². The van der Waals surface area contributed by atoms with Gasteiger partial charge in [0.2, 0.25) is 0 Å². The van der Waals surface area contributed by atoms with E-state index in [2.05, 4.69) is 32.8 Å². The molecule has 0 radical (unpaired) electrons. The van der Waals surface area contributed by atoms with E-state index in [-0.39, 0.29) is 18.2 Å². The van der Waals surface area contributed by atoms with Crippen molar-refractivity contribution in [2.75, 3.05) is 0 Å². The van der Waals surface area contributed by atoms with Gasteiger partial charge in [-0.1, -0.05) is 20.8 Å². The molecule has 4 nitrogen and oxygen atoms in total. The van der Waals surface area contributed by atoms with Crippen LogP contribution in [0.1, 0.15) is 52.2 Å².